The van der Waals surface area contributed by atoms with Crippen molar-refractivity contribution in [1.29, 1.82) is 0 Å². The molecule has 1 heterocycles. The predicted octanol–water partition coefficient (Wildman–Crippen LogP) is 3.09. The van der Waals surface area contributed by atoms with Crippen molar-refractivity contribution >= 4 is 11.6 Å². The smallest absolute Gasteiger partial charge is 0.221 e. The Morgan fingerprint density at radius 3 is 2.71 bits per heavy atom. The van der Waals surface area contributed by atoms with Crippen LogP contribution in [0.15, 0.2) is 43.0 Å². The molecule has 0 unspecified atom stereocenters. The molecule has 1 amide bonds. The van der Waals surface area contributed by atoms with Crippen molar-refractivity contribution in [2.24, 2.45) is 0 Å². The summed E-state index contributed by atoms with van der Waals surface area (Å²) in [5.41, 5.74) is 0.787. The van der Waals surface area contributed by atoms with E-state index < -0.39 is 0 Å². The predicted molar refractivity (Wildman–Crippen MR) is 82.3 cm³/mol. The number of aromatic nitrogens is 2. The van der Waals surface area contributed by atoms with Crippen LogP contribution < -0.4 is 10.1 Å². The van der Waals surface area contributed by atoms with Gasteiger partial charge in [-0.05, 0) is 43.5 Å². The van der Waals surface area contributed by atoms with E-state index in [1.165, 1.54) is 6.92 Å². The number of imidazole rings is 1. The van der Waals surface area contributed by atoms with Gasteiger partial charge in [0.2, 0.25) is 5.91 Å². The van der Waals surface area contributed by atoms with Crippen LogP contribution in [0.5, 0.6) is 5.75 Å². The fourth-order valence-electron chi connectivity index (χ4n) is 2.02. The lowest BCUT2D eigenvalue weighted by Crippen LogP contribution is -2.05. The first kappa shape index (κ1) is 15.1. The number of carbonyl (C=O) groups excluding carboxylic acids is 1. The molecule has 0 aliphatic rings. The number of unbranched alkanes of at least 4 members (excludes halogenated alkanes) is 2. The summed E-state index contributed by atoms with van der Waals surface area (Å²) in [6.07, 6.45) is 8.90. The number of nitrogens with zero attached hydrogens (tertiary/aromatic N) is 2. The summed E-state index contributed by atoms with van der Waals surface area (Å²) in [6, 6.07) is 7.43. The highest BCUT2D eigenvalue weighted by Crippen LogP contribution is 2.16. The highest BCUT2D eigenvalue weighted by Gasteiger charge is 1.97. The highest BCUT2D eigenvalue weighted by molar-refractivity contribution is 5.88. The molecule has 112 valence electrons. The monoisotopic (exact) mass is 287 g/mol. The summed E-state index contributed by atoms with van der Waals surface area (Å²) in [4.78, 5) is 14.9. The molecule has 2 rings (SSSR count). The van der Waals surface area contributed by atoms with Crippen LogP contribution in [0.2, 0.25) is 0 Å². The van der Waals surface area contributed by atoms with Crippen molar-refractivity contribution < 1.29 is 9.53 Å². The zero-order valence-corrected chi connectivity index (χ0v) is 12.3. The molecule has 1 aromatic carbocycles. The number of anilines is 1. The van der Waals surface area contributed by atoms with Crippen molar-refractivity contribution in [3.63, 3.8) is 0 Å². The lowest BCUT2D eigenvalue weighted by molar-refractivity contribution is -0.114. The van der Waals surface area contributed by atoms with Gasteiger partial charge in [0.15, 0.2) is 0 Å². The molecule has 1 N–H and O–H groups in total. The molecule has 5 heteroatoms. The Balaban J connectivity index is 1.59. The number of amides is 1. The van der Waals surface area contributed by atoms with Crippen molar-refractivity contribution in [2.45, 2.75) is 32.7 Å². The standard InChI is InChI=1S/C16H21N3O2/c1-14(20)18-15-5-7-16(8-6-15)21-12-4-2-3-10-19-11-9-17-13-19/h5-9,11,13H,2-4,10,12H2,1H3,(H,18,20). The van der Waals surface area contributed by atoms with Crippen LogP contribution in [0.25, 0.3) is 0 Å². The Morgan fingerprint density at radius 2 is 2.05 bits per heavy atom. The molecule has 2 aromatic rings. The molecule has 0 fully saturated rings. The quantitative estimate of drug-likeness (QED) is 0.759. The molecule has 0 aliphatic carbocycles. The number of aryl methyl sites for hydroxylation is 1. The normalized spacial score (nSPS) is 10.3. The fourth-order valence-corrected chi connectivity index (χ4v) is 2.02. The van der Waals surface area contributed by atoms with Crippen molar-refractivity contribution in [3.8, 4) is 5.75 Å². The maximum absolute atomic E-state index is 10.9. The summed E-state index contributed by atoms with van der Waals surface area (Å²) >= 11 is 0. The number of carbonyl (C=O) groups is 1. The second kappa shape index (κ2) is 8.09. The van der Waals surface area contributed by atoms with E-state index in [9.17, 15) is 4.79 Å². The summed E-state index contributed by atoms with van der Waals surface area (Å²) in [6.45, 7) is 3.21. The first-order chi connectivity index (χ1) is 10.2. The largest absolute Gasteiger partial charge is 0.494 e. The number of hydrogen-bond donors (Lipinski definition) is 1. The van der Waals surface area contributed by atoms with E-state index in [2.05, 4.69) is 14.9 Å². The maximum atomic E-state index is 10.9. The number of nitrogens with one attached hydrogen (secondary N) is 1. The number of rotatable bonds is 8. The van der Waals surface area contributed by atoms with Gasteiger partial charge >= 0.3 is 0 Å². The Labute approximate surface area is 125 Å². The Bertz CT molecular complexity index is 535. The average molecular weight is 287 g/mol. The van der Waals surface area contributed by atoms with Crippen LogP contribution in [-0.4, -0.2) is 22.1 Å². The zero-order valence-electron chi connectivity index (χ0n) is 12.3. The van der Waals surface area contributed by atoms with Crippen molar-refractivity contribution in [3.05, 3.63) is 43.0 Å². The third-order valence-corrected chi connectivity index (χ3v) is 3.06. The Hall–Kier alpha value is -2.30. The van der Waals surface area contributed by atoms with Gasteiger partial charge in [0.1, 0.15) is 5.75 Å². The Kier molecular flexibility index (Phi) is 5.82. The van der Waals surface area contributed by atoms with E-state index in [0.29, 0.717) is 6.61 Å². The van der Waals surface area contributed by atoms with Crippen LogP contribution >= 0.6 is 0 Å². The molecule has 0 radical (unpaired) electrons. The number of benzene rings is 1. The second-order valence-corrected chi connectivity index (χ2v) is 4.92. The third kappa shape index (κ3) is 5.69. The van der Waals surface area contributed by atoms with Crippen LogP contribution in [0.1, 0.15) is 26.2 Å². The summed E-state index contributed by atoms with van der Waals surface area (Å²) in [5.74, 6) is 0.764. The minimum absolute atomic E-state index is 0.0680. The average Bonchev–Trinajstić information content (AvgIpc) is 2.97. The zero-order chi connectivity index (χ0) is 14.9. The number of ether oxygens (including phenoxy) is 1. The van der Waals surface area contributed by atoms with Gasteiger partial charge in [0, 0.05) is 31.5 Å². The third-order valence-electron chi connectivity index (χ3n) is 3.06. The minimum Gasteiger partial charge on any atom is -0.494 e. The van der Waals surface area contributed by atoms with Crippen molar-refractivity contribution in [2.75, 3.05) is 11.9 Å². The van der Waals surface area contributed by atoms with Gasteiger partial charge in [0.25, 0.3) is 0 Å². The Morgan fingerprint density at radius 1 is 1.24 bits per heavy atom. The summed E-state index contributed by atoms with van der Waals surface area (Å²) < 4.78 is 7.76. The van der Waals surface area contributed by atoms with E-state index >= 15 is 0 Å². The van der Waals surface area contributed by atoms with E-state index in [4.69, 9.17) is 4.74 Å². The molecule has 0 saturated heterocycles. The van der Waals surface area contributed by atoms with Gasteiger partial charge < -0.3 is 14.6 Å². The number of hydrogen-bond acceptors (Lipinski definition) is 3. The van der Waals surface area contributed by atoms with Crippen LogP contribution in [0.4, 0.5) is 5.69 Å². The van der Waals surface area contributed by atoms with E-state index in [1.54, 1.807) is 6.20 Å². The molecule has 0 spiro atoms. The van der Waals surface area contributed by atoms with Crippen LogP contribution in [0.3, 0.4) is 0 Å². The summed E-state index contributed by atoms with van der Waals surface area (Å²) in [7, 11) is 0. The van der Waals surface area contributed by atoms with E-state index in [-0.39, 0.29) is 5.91 Å². The fraction of sp³-hybridized carbons (Fsp3) is 0.375. The molecule has 0 aliphatic heterocycles. The molecule has 0 bridgehead atoms. The van der Waals surface area contributed by atoms with E-state index in [0.717, 1.165) is 37.2 Å². The minimum atomic E-state index is -0.0680. The molecule has 5 nitrogen and oxygen atoms in total. The molecular weight excluding hydrogens is 266 g/mol. The van der Waals surface area contributed by atoms with Crippen molar-refractivity contribution in [1.82, 2.24) is 9.55 Å². The first-order valence-electron chi connectivity index (χ1n) is 7.20. The molecule has 0 saturated carbocycles. The first-order valence-corrected chi connectivity index (χ1v) is 7.20. The SMILES string of the molecule is CC(=O)Nc1ccc(OCCCCCn2ccnc2)cc1. The lowest BCUT2D eigenvalue weighted by atomic mass is 10.2. The highest BCUT2D eigenvalue weighted by atomic mass is 16.5. The second-order valence-electron chi connectivity index (χ2n) is 4.92. The summed E-state index contributed by atoms with van der Waals surface area (Å²) in [5, 5.41) is 2.73. The van der Waals surface area contributed by atoms with Gasteiger partial charge in [-0.15, -0.1) is 0 Å². The lowest BCUT2D eigenvalue weighted by Gasteiger charge is -2.07. The van der Waals surface area contributed by atoms with Gasteiger partial charge in [0.05, 0.1) is 12.9 Å². The van der Waals surface area contributed by atoms with E-state index in [1.807, 2.05) is 36.8 Å². The van der Waals surface area contributed by atoms with Crippen LogP contribution in [0, 0.1) is 0 Å². The van der Waals surface area contributed by atoms with Gasteiger partial charge in [-0.2, -0.15) is 0 Å². The molecular formula is C16H21N3O2. The van der Waals surface area contributed by atoms with Gasteiger partial charge in [-0.25, -0.2) is 4.98 Å². The maximum Gasteiger partial charge on any atom is 0.221 e. The van der Waals surface area contributed by atoms with Gasteiger partial charge in [-0.3, -0.25) is 4.79 Å². The topological polar surface area (TPSA) is 56.1 Å². The van der Waals surface area contributed by atoms with Gasteiger partial charge in [-0.1, -0.05) is 0 Å². The molecule has 1 aromatic heterocycles. The van der Waals surface area contributed by atoms with Crippen LogP contribution in [-0.2, 0) is 11.3 Å². The molecule has 0 atom stereocenters. The molecule has 21 heavy (non-hydrogen) atoms.